The zero-order valence-corrected chi connectivity index (χ0v) is 17.6. The maximum atomic E-state index is 15.3. The lowest BCUT2D eigenvalue weighted by Gasteiger charge is -2.28. The summed E-state index contributed by atoms with van der Waals surface area (Å²) in [5, 5.41) is 24.3. The molecular formula is C21H22FN9O2. The number of halogens is 1. The van der Waals surface area contributed by atoms with Crippen LogP contribution in [0.15, 0.2) is 43.0 Å². The van der Waals surface area contributed by atoms with Gasteiger partial charge in [0.25, 0.3) is 0 Å². The monoisotopic (exact) mass is 451 g/mol. The summed E-state index contributed by atoms with van der Waals surface area (Å²) >= 11 is 0. The van der Waals surface area contributed by atoms with Gasteiger partial charge >= 0.3 is 0 Å². The summed E-state index contributed by atoms with van der Waals surface area (Å²) in [7, 11) is 0. The molecule has 1 aliphatic heterocycles. The average molecular weight is 451 g/mol. The Morgan fingerprint density at radius 2 is 2.12 bits per heavy atom. The number of hydrogen-bond acceptors (Lipinski definition) is 8. The highest BCUT2D eigenvalue weighted by molar-refractivity contribution is 5.95. The molecule has 12 heteroatoms. The van der Waals surface area contributed by atoms with Crippen molar-refractivity contribution < 1.29 is 14.3 Å². The number of anilines is 3. The molecule has 1 aromatic carbocycles. The molecule has 4 heterocycles. The normalized spacial score (nSPS) is 14.2. The number of aliphatic hydroxyl groups excluding tert-OH is 1. The molecule has 11 nitrogen and oxygen atoms in total. The van der Waals surface area contributed by atoms with Gasteiger partial charge in [0.1, 0.15) is 0 Å². The number of nitrogens with zero attached hydrogens (tertiary/aromatic N) is 7. The van der Waals surface area contributed by atoms with E-state index in [0.29, 0.717) is 47.9 Å². The van der Waals surface area contributed by atoms with E-state index in [1.165, 1.54) is 4.90 Å². The van der Waals surface area contributed by atoms with E-state index >= 15 is 4.39 Å². The van der Waals surface area contributed by atoms with E-state index in [1.807, 2.05) is 0 Å². The number of rotatable bonds is 7. The van der Waals surface area contributed by atoms with Crippen LogP contribution in [0.3, 0.4) is 0 Å². The number of carbonyl (C=O) groups is 1. The molecule has 0 spiro atoms. The Balaban J connectivity index is 1.40. The van der Waals surface area contributed by atoms with Gasteiger partial charge in [-0.2, -0.15) is 15.2 Å². The molecule has 0 radical (unpaired) electrons. The molecule has 3 aromatic heterocycles. The molecular weight excluding hydrogens is 429 g/mol. The van der Waals surface area contributed by atoms with Gasteiger partial charge in [0.15, 0.2) is 11.5 Å². The van der Waals surface area contributed by atoms with Gasteiger partial charge in [-0.1, -0.05) is 12.1 Å². The lowest BCUT2D eigenvalue weighted by molar-refractivity contribution is -0.118. The maximum absolute atomic E-state index is 15.3. The molecule has 1 saturated heterocycles. The number of fused-ring (bicyclic) bond motifs is 1. The molecule has 5 rings (SSSR count). The average Bonchev–Trinajstić information content (AvgIpc) is 3.43. The smallest absolute Gasteiger partial charge is 0.241 e. The molecule has 3 N–H and O–H groups in total. The highest BCUT2D eigenvalue weighted by atomic mass is 19.1. The van der Waals surface area contributed by atoms with E-state index in [1.54, 1.807) is 52.4 Å². The number of carbonyl (C=O) groups excluding carboxylic acids is 1. The van der Waals surface area contributed by atoms with Crippen molar-refractivity contribution in [2.75, 3.05) is 36.5 Å². The summed E-state index contributed by atoms with van der Waals surface area (Å²) in [6.45, 7) is 1.75. The molecule has 1 fully saturated rings. The lowest BCUT2D eigenvalue weighted by Crippen LogP contribution is -2.48. The zero-order chi connectivity index (χ0) is 22.8. The van der Waals surface area contributed by atoms with Crippen LogP contribution in [0.4, 0.5) is 21.7 Å². The van der Waals surface area contributed by atoms with Crippen molar-refractivity contribution in [2.45, 2.75) is 13.1 Å². The third kappa shape index (κ3) is 4.25. The highest BCUT2D eigenvalue weighted by Gasteiger charge is 2.23. The highest BCUT2D eigenvalue weighted by Crippen LogP contribution is 2.25. The van der Waals surface area contributed by atoms with Gasteiger partial charge in [-0.3, -0.25) is 9.48 Å². The molecule has 170 valence electrons. The first-order chi connectivity index (χ1) is 16.1. The largest absolute Gasteiger partial charge is 0.394 e. The van der Waals surface area contributed by atoms with E-state index < -0.39 is 5.82 Å². The van der Waals surface area contributed by atoms with Crippen LogP contribution >= 0.6 is 0 Å². The van der Waals surface area contributed by atoms with Crippen LogP contribution in [0.1, 0.15) is 5.56 Å². The van der Waals surface area contributed by atoms with Gasteiger partial charge in [0.2, 0.25) is 11.9 Å². The number of nitrogens with one attached hydrogen (secondary N) is 2. The number of aliphatic hydroxyl groups is 1. The topological polar surface area (TPSA) is 126 Å². The minimum atomic E-state index is -0.444. The summed E-state index contributed by atoms with van der Waals surface area (Å²) in [6.07, 6.45) is 6.61. The van der Waals surface area contributed by atoms with Crippen molar-refractivity contribution in [3.05, 3.63) is 54.4 Å². The second kappa shape index (κ2) is 8.92. The van der Waals surface area contributed by atoms with Crippen LogP contribution in [0.25, 0.3) is 11.0 Å². The molecule has 1 aliphatic rings. The van der Waals surface area contributed by atoms with Crippen LogP contribution in [-0.2, 0) is 17.9 Å². The second-order valence-corrected chi connectivity index (χ2v) is 7.59. The molecule has 0 atom stereocenters. The van der Waals surface area contributed by atoms with E-state index in [-0.39, 0.29) is 31.3 Å². The van der Waals surface area contributed by atoms with Gasteiger partial charge in [-0.05, 0) is 6.07 Å². The number of piperazine rings is 1. The molecule has 0 unspecified atom stereocenters. The summed E-state index contributed by atoms with van der Waals surface area (Å²) in [5.41, 5.74) is 1.89. The first kappa shape index (κ1) is 21.0. The molecule has 33 heavy (non-hydrogen) atoms. The van der Waals surface area contributed by atoms with E-state index in [0.717, 1.165) is 0 Å². The standard InChI is InChI=1S/C21H22FN9O2/c22-19-14(2-1-3-17(19)30-5-4-23-11-18(30)33)12-31-20-15(9-26-31)8-24-21(28-20)27-16-10-25-29(13-16)6-7-32/h1-3,8-10,13,23,32H,4-7,11-12H2,(H,24,27,28). The molecule has 0 bridgehead atoms. The Kier molecular flexibility index (Phi) is 5.67. The Morgan fingerprint density at radius 1 is 1.21 bits per heavy atom. The number of hydrogen-bond donors (Lipinski definition) is 3. The quantitative estimate of drug-likeness (QED) is 0.378. The third-order valence-corrected chi connectivity index (χ3v) is 5.35. The SMILES string of the molecule is O=C1CNCCN1c1cccc(Cn2ncc3cnc(Nc4cnn(CCO)c4)nc32)c1F. The first-order valence-corrected chi connectivity index (χ1v) is 10.5. The van der Waals surface area contributed by atoms with E-state index in [2.05, 4.69) is 30.8 Å². The number of aromatic nitrogens is 6. The Hall–Kier alpha value is -3.90. The van der Waals surface area contributed by atoms with Gasteiger partial charge in [0, 0.05) is 31.0 Å². The third-order valence-electron chi connectivity index (χ3n) is 5.35. The van der Waals surface area contributed by atoms with Crippen LogP contribution in [0.2, 0.25) is 0 Å². The van der Waals surface area contributed by atoms with Crippen LogP contribution in [0.5, 0.6) is 0 Å². The second-order valence-electron chi connectivity index (χ2n) is 7.59. The Labute approximate surface area is 187 Å². The number of benzene rings is 1. The fraction of sp³-hybridized carbons (Fsp3) is 0.286. The summed E-state index contributed by atoms with van der Waals surface area (Å²) < 4.78 is 18.5. The fourth-order valence-corrected chi connectivity index (χ4v) is 3.74. The van der Waals surface area contributed by atoms with Crippen LogP contribution in [0, 0.1) is 5.82 Å². The zero-order valence-electron chi connectivity index (χ0n) is 17.6. The van der Waals surface area contributed by atoms with Crippen LogP contribution < -0.4 is 15.5 Å². The molecule has 0 saturated carbocycles. The molecule has 0 aliphatic carbocycles. The van der Waals surface area contributed by atoms with Crippen molar-refractivity contribution in [3.8, 4) is 0 Å². The van der Waals surface area contributed by atoms with E-state index in [9.17, 15) is 4.79 Å². The maximum Gasteiger partial charge on any atom is 0.241 e. The number of amides is 1. The summed E-state index contributed by atoms with van der Waals surface area (Å²) in [6, 6.07) is 5.03. The van der Waals surface area contributed by atoms with Crippen molar-refractivity contribution in [2.24, 2.45) is 0 Å². The minimum absolute atomic E-state index is 0.0106. The Morgan fingerprint density at radius 3 is 2.97 bits per heavy atom. The van der Waals surface area contributed by atoms with Gasteiger partial charge in [-0.15, -0.1) is 0 Å². The van der Waals surface area contributed by atoms with Gasteiger partial charge in [-0.25, -0.2) is 14.1 Å². The van der Waals surface area contributed by atoms with Crippen LogP contribution in [-0.4, -0.2) is 66.8 Å². The van der Waals surface area contributed by atoms with Gasteiger partial charge in [0.05, 0.1) is 55.4 Å². The van der Waals surface area contributed by atoms with Crippen molar-refractivity contribution in [3.63, 3.8) is 0 Å². The minimum Gasteiger partial charge on any atom is -0.394 e. The summed E-state index contributed by atoms with van der Waals surface area (Å²) in [4.78, 5) is 22.5. The van der Waals surface area contributed by atoms with Crippen molar-refractivity contribution >= 4 is 34.3 Å². The first-order valence-electron chi connectivity index (χ1n) is 10.5. The fourth-order valence-electron chi connectivity index (χ4n) is 3.74. The predicted octanol–water partition coefficient (Wildman–Crippen LogP) is 0.882. The molecule has 1 amide bonds. The van der Waals surface area contributed by atoms with E-state index in [4.69, 9.17) is 5.11 Å². The van der Waals surface area contributed by atoms with Crippen molar-refractivity contribution in [1.82, 2.24) is 34.8 Å². The van der Waals surface area contributed by atoms with Crippen molar-refractivity contribution in [1.29, 1.82) is 0 Å². The molecule has 4 aromatic rings. The predicted molar refractivity (Wildman–Crippen MR) is 119 cm³/mol. The van der Waals surface area contributed by atoms with Gasteiger partial charge < -0.3 is 20.6 Å². The lowest BCUT2D eigenvalue weighted by atomic mass is 10.1. The summed E-state index contributed by atoms with van der Waals surface area (Å²) in [5.74, 6) is -0.263. The Bertz CT molecular complexity index is 1300.